The first-order valence-corrected chi connectivity index (χ1v) is 18.4. The maximum Gasteiger partial charge on any atom is 0.160 e. The Labute approximate surface area is 306 Å². The van der Waals surface area contributed by atoms with Crippen molar-refractivity contribution in [3.05, 3.63) is 198 Å². The molecule has 2 aromatic heterocycles. The Bertz CT molecular complexity index is 2760. The maximum atomic E-state index is 6.49. The van der Waals surface area contributed by atoms with E-state index in [0.29, 0.717) is 5.82 Å². The van der Waals surface area contributed by atoms with Crippen LogP contribution in [0.3, 0.4) is 0 Å². The van der Waals surface area contributed by atoms with Crippen molar-refractivity contribution < 1.29 is 4.42 Å². The molecule has 0 saturated heterocycles. The van der Waals surface area contributed by atoms with Gasteiger partial charge in [0.25, 0.3) is 0 Å². The Morgan fingerprint density at radius 3 is 2.10 bits per heavy atom. The van der Waals surface area contributed by atoms with E-state index in [1.54, 1.807) is 6.08 Å². The van der Waals surface area contributed by atoms with Gasteiger partial charge in [0.2, 0.25) is 0 Å². The lowest BCUT2D eigenvalue weighted by molar-refractivity contribution is 0.668. The average molecular weight is 685 g/mol. The molecular weight excluding hydrogens is 653 g/mol. The number of furan rings is 1. The number of fused-ring (bicyclic) bond motifs is 13. The minimum absolute atomic E-state index is 0.551. The minimum atomic E-state index is -0.551. The predicted octanol–water partition coefficient (Wildman–Crippen LogP) is 12.7. The van der Waals surface area contributed by atoms with E-state index in [1.807, 2.05) is 43.0 Å². The van der Waals surface area contributed by atoms with Gasteiger partial charge in [-0.3, -0.25) is 0 Å². The van der Waals surface area contributed by atoms with Gasteiger partial charge >= 0.3 is 0 Å². The Hall–Kier alpha value is -6.23. The van der Waals surface area contributed by atoms with E-state index in [9.17, 15) is 0 Å². The van der Waals surface area contributed by atoms with Crippen molar-refractivity contribution in [1.29, 1.82) is 0 Å². The quantitative estimate of drug-likeness (QED) is 0.169. The molecule has 8 aromatic rings. The summed E-state index contributed by atoms with van der Waals surface area (Å²) in [4.78, 5) is 12.9. The molecule has 246 valence electrons. The molecule has 0 N–H and O–H groups in total. The molecule has 52 heavy (non-hydrogen) atoms. The van der Waals surface area contributed by atoms with E-state index in [4.69, 9.17) is 14.4 Å². The van der Waals surface area contributed by atoms with E-state index in [2.05, 4.69) is 140 Å². The van der Waals surface area contributed by atoms with Gasteiger partial charge in [0.15, 0.2) is 5.82 Å². The smallest absolute Gasteiger partial charge is 0.160 e. The zero-order valence-corrected chi connectivity index (χ0v) is 29.3. The highest BCUT2D eigenvalue weighted by Gasteiger charge is 2.51. The zero-order valence-electron chi connectivity index (χ0n) is 28.5. The summed E-state index contributed by atoms with van der Waals surface area (Å²) in [5, 5.41) is 2.29. The SMILES string of the molecule is C=C/C=C\C(=C/C)c1nc(-c2ccccc2)cc(-c2ccc3c(c2)C2(c4ccccc4Sc4ccccc42)c2ccc4oc5ccccc5c4c2-3)n1. The van der Waals surface area contributed by atoms with Gasteiger partial charge in [0.05, 0.1) is 16.8 Å². The van der Waals surface area contributed by atoms with Crippen LogP contribution in [0.1, 0.15) is 35.0 Å². The fourth-order valence-corrected chi connectivity index (χ4v) is 9.51. The van der Waals surface area contributed by atoms with Gasteiger partial charge in [0, 0.05) is 37.3 Å². The second kappa shape index (κ2) is 11.9. The molecule has 3 heterocycles. The standard InChI is InChI=1S/C48H32N2OS/c1-3-5-15-30(4-2)47-49-39(31-16-7-6-8-17-31)29-40(50-47)32-24-25-33-38(28-32)48(35-19-10-13-22-43(35)52-44-23-14-11-20-36(44)48)37-26-27-42-46(45(33)37)34-18-9-12-21-41(34)51-42/h3-29H,1H2,2H3/b15-5-,30-4+. The van der Waals surface area contributed by atoms with Crippen LogP contribution in [0.15, 0.2) is 185 Å². The lowest BCUT2D eigenvalue weighted by Gasteiger charge is -2.39. The van der Waals surface area contributed by atoms with E-state index >= 15 is 0 Å². The van der Waals surface area contributed by atoms with Crippen LogP contribution in [0.4, 0.5) is 0 Å². The first-order chi connectivity index (χ1) is 25.7. The molecule has 0 atom stereocenters. The maximum absolute atomic E-state index is 6.49. The van der Waals surface area contributed by atoms with Crippen LogP contribution < -0.4 is 0 Å². The van der Waals surface area contributed by atoms with Crippen LogP contribution >= 0.6 is 11.8 Å². The molecule has 4 heteroatoms. The average Bonchev–Trinajstić information content (AvgIpc) is 3.72. The summed E-state index contributed by atoms with van der Waals surface area (Å²) in [6, 6.07) is 50.1. The van der Waals surface area contributed by atoms with E-state index < -0.39 is 5.41 Å². The van der Waals surface area contributed by atoms with Crippen LogP contribution in [-0.4, -0.2) is 9.97 Å². The topological polar surface area (TPSA) is 38.9 Å². The second-order valence-electron chi connectivity index (χ2n) is 13.2. The molecule has 6 aromatic carbocycles. The fraction of sp³-hybridized carbons (Fsp3) is 0.0417. The van der Waals surface area contributed by atoms with Crippen molar-refractivity contribution in [2.75, 3.05) is 0 Å². The Balaban J connectivity index is 1.31. The zero-order chi connectivity index (χ0) is 34.8. The van der Waals surface area contributed by atoms with Crippen LogP contribution in [0.5, 0.6) is 0 Å². The molecule has 0 bridgehead atoms. The molecule has 3 nitrogen and oxygen atoms in total. The Morgan fingerprint density at radius 1 is 0.654 bits per heavy atom. The minimum Gasteiger partial charge on any atom is -0.456 e. The van der Waals surface area contributed by atoms with Gasteiger partial charge in [-0.15, -0.1) is 0 Å². The first-order valence-electron chi connectivity index (χ1n) is 17.6. The van der Waals surface area contributed by atoms with Gasteiger partial charge in [0.1, 0.15) is 11.2 Å². The van der Waals surface area contributed by atoms with E-state index in [1.165, 1.54) is 43.2 Å². The Morgan fingerprint density at radius 2 is 1.35 bits per heavy atom. The molecule has 0 radical (unpaired) electrons. The van der Waals surface area contributed by atoms with Gasteiger partial charge in [-0.05, 0) is 76.7 Å². The summed E-state index contributed by atoms with van der Waals surface area (Å²) in [6.45, 7) is 5.91. The van der Waals surface area contributed by atoms with Gasteiger partial charge in [-0.2, -0.15) is 0 Å². The number of rotatable bonds is 5. The summed E-state index contributed by atoms with van der Waals surface area (Å²) in [7, 11) is 0. The summed E-state index contributed by atoms with van der Waals surface area (Å²) in [5.74, 6) is 0.673. The van der Waals surface area contributed by atoms with Crippen molar-refractivity contribution in [1.82, 2.24) is 9.97 Å². The molecule has 2 aliphatic rings. The number of benzene rings is 6. The highest BCUT2D eigenvalue weighted by Crippen LogP contribution is 2.64. The molecule has 10 rings (SSSR count). The molecule has 0 saturated carbocycles. The highest BCUT2D eigenvalue weighted by molar-refractivity contribution is 7.99. The normalized spacial score (nSPS) is 14.1. The third-order valence-corrected chi connectivity index (χ3v) is 11.7. The Kier molecular flexibility index (Phi) is 7.02. The van der Waals surface area contributed by atoms with Crippen LogP contribution in [0.25, 0.3) is 61.2 Å². The van der Waals surface area contributed by atoms with Gasteiger partial charge in [-0.25, -0.2) is 9.97 Å². The van der Waals surface area contributed by atoms with Crippen LogP contribution in [0.2, 0.25) is 0 Å². The third-order valence-electron chi connectivity index (χ3n) is 10.5. The number of hydrogen-bond acceptors (Lipinski definition) is 4. The third kappa shape index (κ3) is 4.41. The molecule has 0 fully saturated rings. The summed E-state index contributed by atoms with van der Waals surface area (Å²) in [5.41, 5.74) is 13.6. The summed E-state index contributed by atoms with van der Waals surface area (Å²) < 4.78 is 6.49. The largest absolute Gasteiger partial charge is 0.456 e. The molecule has 1 spiro atoms. The van der Waals surface area contributed by atoms with Gasteiger partial charge in [-0.1, -0.05) is 146 Å². The van der Waals surface area contributed by atoms with Crippen molar-refractivity contribution in [2.24, 2.45) is 0 Å². The summed E-state index contributed by atoms with van der Waals surface area (Å²) in [6.07, 6.45) is 7.78. The van der Waals surface area contributed by atoms with Gasteiger partial charge < -0.3 is 4.42 Å². The monoisotopic (exact) mass is 684 g/mol. The molecule has 0 amide bonds. The number of hydrogen-bond donors (Lipinski definition) is 0. The van der Waals surface area contributed by atoms with Crippen molar-refractivity contribution in [2.45, 2.75) is 22.1 Å². The number of nitrogens with zero attached hydrogens (tertiary/aromatic N) is 2. The van der Waals surface area contributed by atoms with Crippen LogP contribution in [-0.2, 0) is 5.41 Å². The van der Waals surface area contributed by atoms with E-state index in [-0.39, 0.29) is 0 Å². The van der Waals surface area contributed by atoms with Crippen molar-refractivity contribution >= 4 is 39.3 Å². The fourth-order valence-electron chi connectivity index (χ4n) is 8.31. The van der Waals surface area contributed by atoms with E-state index in [0.717, 1.165) is 50.0 Å². The highest BCUT2D eigenvalue weighted by atomic mass is 32.2. The lowest BCUT2D eigenvalue weighted by atomic mass is 9.67. The van der Waals surface area contributed by atoms with Crippen molar-refractivity contribution in [3.8, 4) is 33.6 Å². The lowest BCUT2D eigenvalue weighted by Crippen LogP contribution is -2.32. The predicted molar refractivity (Wildman–Crippen MR) is 215 cm³/mol. The number of aromatic nitrogens is 2. The number of allylic oxidation sites excluding steroid dienone is 5. The molecule has 1 aliphatic carbocycles. The molecular formula is C48H32N2OS. The number of para-hydroxylation sites is 1. The first kappa shape index (κ1) is 30.6. The summed E-state index contributed by atoms with van der Waals surface area (Å²) >= 11 is 1.86. The molecule has 1 aliphatic heterocycles. The second-order valence-corrected chi connectivity index (χ2v) is 14.3. The van der Waals surface area contributed by atoms with Crippen LogP contribution in [0, 0.1) is 0 Å². The van der Waals surface area contributed by atoms with Crippen molar-refractivity contribution in [3.63, 3.8) is 0 Å². The molecule has 0 unspecified atom stereocenters.